The molecule has 1 N–H and O–H groups in total. The van der Waals surface area contributed by atoms with Crippen molar-refractivity contribution in [3.63, 3.8) is 0 Å². The van der Waals surface area contributed by atoms with Crippen molar-refractivity contribution in [2.24, 2.45) is 0 Å². The molecule has 0 radical (unpaired) electrons. The van der Waals surface area contributed by atoms with Crippen LogP contribution in [0.5, 0.6) is 11.5 Å². The maximum Gasteiger partial charge on any atom is 0.171 e. The molecule has 4 nitrogen and oxygen atoms in total. The van der Waals surface area contributed by atoms with Gasteiger partial charge in [-0.15, -0.1) is 0 Å². The second-order valence-corrected chi connectivity index (χ2v) is 4.60. The molecule has 1 heterocycles. The first-order valence-electron chi connectivity index (χ1n) is 6.58. The molecule has 1 aromatic carbocycles. The highest BCUT2D eigenvalue weighted by molar-refractivity contribution is 5.42. The first-order chi connectivity index (χ1) is 9.26. The molecule has 1 aliphatic heterocycles. The number of rotatable bonds is 5. The number of hydrogen-bond acceptors (Lipinski definition) is 4. The summed E-state index contributed by atoms with van der Waals surface area (Å²) in [5, 5.41) is 3.30. The molecule has 0 atom stereocenters. The van der Waals surface area contributed by atoms with E-state index in [1.807, 2.05) is 0 Å². The van der Waals surface area contributed by atoms with E-state index >= 15 is 0 Å². The average Bonchev–Trinajstić information content (AvgIpc) is 2.46. The fourth-order valence-electron chi connectivity index (χ4n) is 2.37. The monoisotopic (exact) mass is 268 g/mol. The van der Waals surface area contributed by atoms with E-state index in [9.17, 15) is 4.39 Å². The Labute approximate surface area is 113 Å². The first kappa shape index (κ1) is 14.1. The summed E-state index contributed by atoms with van der Waals surface area (Å²) in [4.78, 5) is 2.33. The number of benzene rings is 1. The lowest BCUT2D eigenvalue weighted by molar-refractivity contribution is 0.241. The van der Waals surface area contributed by atoms with Crippen LogP contribution in [0, 0.1) is 5.82 Å². The molecule has 106 valence electrons. The fraction of sp³-hybridized carbons (Fsp3) is 0.571. The maximum absolute atomic E-state index is 14.2. The smallest absolute Gasteiger partial charge is 0.171 e. The lowest BCUT2D eigenvalue weighted by Crippen LogP contribution is -2.44. The number of halogens is 1. The van der Waals surface area contributed by atoms with Crippen LogP contribution in [0.1, 0.15) is 5.56 Å². The lowest BCUT2D eigenvalue weighted by atomic mass is 10.1. The van der Waals surface area contributed by atoms with Crippen LogP contribution >= 0.6 is 0 Å². The number of piperazine rings is 1. The van der Waals surface area contributed by atoms with Gasteiger partial charge in [0.25, 0.3) is 0 Å². The molecular formula is C14H21FN2O2. The first-order valence-corrected chi connectivity index (χ1v) is 6.58. The van der Waals surface area contributed by atoms with Crippen molar-refractivity contribution < 1.29 is 13.9 Å². The topological polar surface area (TPSA) is 33.7 Å². The SMILES string of the molecule is COc1ccc(OC)c(CCN2CCNCC2)c1F. The Morgan fingerprint density at radius 2 is 1.79 bits per heavy atom. The van der Waals surface area contributed by atoms with Gasteiger partial charge in [0.15, 0.2) is 11.6 Å². The standard InChI is InChI=1S/C14H21FN2O2/c1-18-12-3-4-13(19-2)14(15)11(12)5-8-17-9-6-16-7-10-17/h3-4,16H,5-10H2,1-2H3. The van der Waals surface area contributed by atoms with Crippen molar-refractivity contribution in [1.29, 1.82) is 0 Å². The van der Waals surface area contributed by atoms with Gasteiger partial charge in [-0.2, -0.15) is 0 Å². The Hall–Kier alpha value is -1.33. The third-order valence-corrected chi connectivity index (χ3v) is 3.49. The fourth-order valence-corrected chi connectivity index (χ4v) is 2.37. The zero-order chi connectivity index (χ0) is 13.7. The molecule has 0 amide bonds. The second kappa shape index (κ2) is 6.73. The summed E-state index contributed by atoms with van der Waals surface area (Å²) < 4.78 is 24.5. The Balaban J connectivity index is 2.08. The molecule has 1 saturated heterocycles. The van der Waals surface area contributed by atoms with Gasteiger partial charge in [0.2, 0.25) is 0 Å². The Morgan fingerprint density at radius 3 is 2.42 bits per heavy atom. The van der Waals surface area contributed by atoms with Gasteiger partial charge in [-0.05, 0) is 18.6 Å². The van der Waals surface area contributed by atoms with Crippen molar-refractivity contribution in [2.75, 3.05) is 46.9 Å². The molecule has 0 unspecified atom stereocenters. The number of nitrogens with one attached hydrogen (secondary N) is 1. The highest BCUT2D eigenvalue weighted by Gasteiger charge is 2.16. The minimum absolute atomic E-state index is 0.274. The Kier molecular flexibility index (Phi) is 4.99. The molecule has 5 heteroatoms. The van der Waals surface area contributed by atoms with E-state index in [1.54, 1.807) is 19.2 Å². The van der Waals surface area contributed by atoms with Crippen LogP contribution in [-0.2, 0) is 6.42 Å². The number of methoxy groups -OCH3 is 2. The third kappa shape index (κ3) is 3.36. The van der Waals surface area contributed by atoms with Crippen LogP contribution in [0.2, 0.25) is 0 Å². The molecule has 0 aromatic heterocycles. The molecule has 0 aliphatic carbocycles. The van der Waals surface area contributed by atoms with E-state index in [4.69, 9.17) is 9.47 Å². The van der Waals surface area contributed by atoms with Crippen molar-refractivity contribution >= 4 is 0 Å². The summed E-state index contributed by atoms with van der Waals surface area (Å²) in [5.74, 6) is 0.557. The summed E-state index contributed by atoms with van der Waals surface area (Å²) in [6.07, 6.45) is 0.631. The van der Waals surface area contributed by atoms with Crippen LogP contribution < -0.4 is 14.8 Å². The molecule has 1 aliphatic rings. The molecule has 1 fully saturated rings. The van der Waals surface area contributed by atoms with Gasteiger partial charge in [-0.3, -0.25) is 0 Å². The van der Waals surface area contributed by atoms with Gasteiger partial charge >= 0.3 is 0 Å². The largest absolute Gasteiger partial charge is 0.496 e. The molecule has 19 heavy (non-hydrogen) atoms. The van der Waals surface area contributed by atoms with Crippen LogP contribution in [-0.4, -0.2) is 51.8 Å². The van der Waals surface area contributed by atoms with E-state index in [2.05, 4.69) is 10.2 Å². The van der Waals surface area contributed by atoms with E-state index < -0.39 is 0 Å². The number of nitrogens with zero attached hydrogens (tertiary/aromatic N) is 1. The minimum Gasteiger partial charge on any atom is -0.496 e. The predicted molar refractivity (Wildman–Crippen MR) is 72.5 cm³/mol. The highest BCUT2D eigenvalue weighted by Crippen LogP contribution is 2.29. The third-order valence-electron chi connectivity index (χ3n) is 3.49. The number of ether oxygens (including phenoxy) is 2. The van der Waals surface area contributed by atoms with Crippen molar-refractivity contribution in [3.8, 4) is 11.5 Å². The zero-order valence-corrected chi connectivity index (χ0v) is 11.5. The average molecular weight is 268 g/mol. The Bertz CT molecular complexity index is 420. The zero-order valence-electron chi connectivity index (χ0n) is 11.5. The second-order valence-electron chi connectivity index (χ2n) is 4.60. The van der Waals surface area contributed by atoms with E-state index in [-0.39, 0.29) is 11.6 Å². The normalized spacial score (nSPS) is 16.4. The van der Waals surface area contributed by atoms with Gasteiger partial charge in [-0.25, -0.2) is 4.39 Å². The molecule has 2 rings (SSSR count). The van der Waals surface area contributed by atoms with Crippen molar-refractivity contribution in [1.82, 2.24) is 10.2 Å². The summed E-state index contributed by atoms with van der Waals surface area (Å²) in [7, 11) is 3.04. The van der Waals surface area contributed by atoms with Gasteiger partial charge in [0.1, 0.15) is 5.75 Å². The van der Waals surface area contributed by atoms with Crippen LogP contribution in [0.25, 0.3) is 0 Å². The summed E-state index contributed by atoms with van der Waals surface area (Å²) >= 11 is 0. The van der Waals surface area contributed by atoms with Gasteiger partial charge < -0.3 is 19.7 Å². The van der Waals surface area contributed by atoms with Gasteiger partial charge in [-0.1, -0.05) is 0 Å². The summed E-state index contributed by atoms with van der Waals surface area (Å²) in [6.45, 7) is 4.85. The molecule has 1 aromatic rings. The quantitative estimate of drug-likeness (QED) is 0.872. The molecular weight excluding hydrogens is 247 g/mol. The molecule has 0 saturated carbocycles. The maximum atomic E-state index is 14.2. The van der Waals surface area contributed by atoms with Gasteiger partial charge in [0.05, 0.1) is 14.2 Å². The summed E-state index contributed by atoms with van der Waals surface area (Å²) in [5.41, 5.74) is 0.598. The van der Waals surface area contributed by atoms with Crippen LogP contribution in [0.3, 0.4) is 0 Å². The van der Waals surface area contributed by atoms with Gasteiger partial charge in [0, 0.05) is 38.3 Å². The van der Waals surface area contributed by atoms with Crippen molar-refractivity contribution in [2.45, 2.75) is 6.42 Å². The van der Waals surface area contributed by atoms with Crippen LogP contribution in [0.15, 0.2) is 12.1 Å². The summed E-state index contributed by atoms with van der Waals surface area (Å²) in [6, 6.07) is 3.36. The molecule has 0 bridgehead atoms. The van der Waals surface area contributed by atoms with E-state index in [0.717, 1.165) is 32.7 Å². The van der Waals surface area contributed by atoms with Crippen molar-refractivity contribution in [3.05, 3.63) is 23.5 Å². The van der Waals surface area contributed by atoms with Crippen LogP contribution in [0.4, 0.5) is 4.39 Å². The predicted octanol–water partition coefficient (Wildman–Crippen LogP) is 1.29. The highest BCUT2D eigenvalue weighted by atomic mass is 19.1. The van der Waals surface area contributed by atoms with E-state index in [0.29, 0.717) is 17.7 Å². The lowest BCUT2D eigenvalue weighted by Gasteiger charge is -2.27. The number of hydrogen-bond donors (Lipinski definition) is 1. The minimum atomic E-state index is -0.308. The van der Waals surface area contributed by atoms with E-state index in [1.165, 1.54) is 7.11 Å². The molecule has 0 spiro atoms. The Morgan fingerprint density at radius 1 is 1.16 bits per heavy atom.